The fraction of sp³-hybridized carbons (Fsp3) is 0.609. The summed E-state index contributed by atoms with van der Waals surface area (Å²) in [6, 6.07) is 7.56. The molecule has 29 heavy (non-hydrogen) atoms. The molecule has 1 aromatic rings. The lowest BCUT2D eigenvalue weighted by atomic mass is 9.87. The minimum atomic E-state index is -0.613. The van der Waals surface area contributed by atoms with Gasteiger partial charge in [-0.3, -0.25) is 14.4 Å². The molecule has 2 rings (SSSR count). The SMILES string of the molecule is CCN(C(=O)COC(=O)CNC(=O)c1ccc(C(C)(C)C)cc1)C1CCCCC1. The molecule has 6 heteroatoms. The number of nitrogens with one attached hydrogen (secondary N) is 1. The first kappa shape index (κ1) is 22.9. The number of likely N-dealkylation sites (N-methyl/N-ethyl adjacent to an activating group) is 1. The molecule has 6 nitrogen and oxygen atoms in total. The Kier molecular flexibility index (Phi) is 8.23. The quantitative estimate of drug-likeness (QED) is 0.709. The first-order valence-electron chi connectivity index (χ1n) is 10.6. The monoisotopic (exact) mass is 402 g/mol. The molecule has 1 aliphatic rings. The average molecular weight is 403 g/mol. The molecule has 0 aliphatic heterocycles. The number of benzene rings is 1. The fourth-order valence-corrected chi connectivity index (χ4v) is 3.68. The lowest BCUT2D eigenvalue weighted by Crippen LogP contribution is -2.43. The predicted molar refractivity (Wildman–Crippen MR) is 113 cm³/mol. The van der Waals surface area contributed by atoms with Crippen molar-refractivity contribution in [3.8, 4) is 0 Å². The van der Waals surface area contributed by atoms with Crippen LogP contribution < -0.4 is 5.32 Å². The summed E-state index contributed by atoms with van der Waals surface area (Å²) in [4.78, 5) is 38.4. The molecule has 0 heterocycles. The van der Waals surface area contributed by atoms with E-state index in [0.717, 1.165) is 31.2 Å². The summed E-state index contributed by atoms with van der Waals surface area (Å²) in [6.45, 7) is 8.33. The van der Waals surface area contributed by atoms with Crippen LogP contribution in [0.2, 0.25) is 0 Å². The number of amides is 2. The summed E-state index contributed by atoms with van der Waals surface area (Å²) in [5.41, 5.74) is 1.62. The molecule has 1 N–H and O–H groups in total. The molecular weight excluding hydrogens is 368 g/mol. The van der Waals surface area contributed by atoms with Gasteiger partial charge in [0.25, 0.3) is 11.8 Å². The molecule has 0 saturated heterocycles. The third-order valence-corrected chi connectivity index (χ3v) is 5.44. The second kappa shape index (κ2) is 10.4. The summed E-state index contributed by atoms with van der Waals surface area (Å²) in [5.74, 6) is -1.12. The molecule has 0 aromatic heterocycles. The van der Waals surface area contributed by atoms with E-state index in [1.54, 1.807) is 12.1 Å². The topological polar surface area (TPSA) is 75.7 Å². The van der Waals surface area contributed by atoms with E-state index >= 15 is 0 Å². The Labute approximate surface area is 174 Å². The van der Waals surface area contributed by atoms with Crippen molar-refractivity contribution in [2.75, 3.05) is 19.7 Å². The zero-order valence-corrected chi connectivity index (χ0v) is 18.1. The molecule has 1 fully saturated rings. The highest BCUT2D eigenvalue weighted by Gasteiger charge is 2.24. The van der Waals surface area contributed by atoms with E-state index in [9.17, 15) is 14.4 Å². The van der Waals surface area contributed by atoms with E-state index in [1.165, 1.54) is 6.42 Å². The van der Waals surface area contributed by atoms with Crippen LogP contribution in [-0.2, 0) is 19.7 Å². The Morgan fingerprint density at radius 2 is 1.69 bits per heavy atom. The maximum atomic E-state index is 12.4. The highest BCUT2D eigenvalue weighted by atomic mass is 16.5. The number of carbonyl (C=O) groups is 3. The van der Waals surface area contributed by atoms with Gasteiger partial charge in [0.1, 0.15) is 6.54 Å². The number of nitrogens with zero attached hydrogens (tertiary/aromatic N) is 1. The van der Waals surface area contributed by atoms with Gasteiger partial charge in [-0.1, -0.05) is 52.2 Å². The van der Waals surface area contributed by atoms with Crippen molar-refractivity contribution in [3.63, 3.8) is 0 Å². The van der Waals surface area contributed by atoms with E-state index in [4.69, 9.17) is 4.74 Å². The van der Waals surface area contributed by atoms with E-state index in [-0.39, 0.29) is 36.4 Å². The van der Waals surface area contributed by atoms with Crippen molar-refractivity contribution in [3.05, 3.63) is 35.4 Å². The molecule has 2 amide bonds. The van der Waals surface area contributed by atoms with Crippen LogP contribution in [-0.4, -0.2) is 48.4 Å². The second-order valence-electron chi connectivity index (χ2n) is 8.64. The van der Waals surface area contributed by atoms with Crippen LogP contribution >= 0.6 is 0 Å². The molecule has 1 aliphatic carbocycles. The van der Waals surface area contributed by atoms with E-state index in [1.807, 2.05) is 24.0 Å². The van der Waals surface area contributed by atoms with Gasteiger partial charge in [-0.15, -0.1) is 0 Å². The molecule has 1 aromatic carbocycles. The van der Waals surface area contributed by atoms with Crippen LogP contribution in [0.1, 0.15) is 75.7 Å². The molecule has 0 unspecified atom stereocenters. The van der Waals surface area contributed by atoms with Gasteiger partial charge in [-0.2, -0.15) is 0 Å². The standard InChI is InChI=1S/C23H34N2O4/c1-5-25(19-9-7-6-8-10-19)20(26)16-29-21(27)15-24-22(28)17-11-13-18(14-12-17)23(2,3)4/h11-14,19H,5-10,15-16H2,1-4H3,(H,24,28). The van der Waals surface area contributed by atoms with Crippen LogP contribution in [0.5, 0.6) is 0 Å². The molecular formula is C23H34N2O4. The highest BCUT2D eigenvalue weighted by molar-refractivity contribution is 5.96. The number of esters is 1. The maximum absolute atomic E-state index is 12.4. The molecule has 0 spiro atoms. The van der Waals surface area contributed by atoms with Crippen LogP contribution in [0.4, 0.5) is 0 Å². The average Bonchev–Trinajstić information content (AvgIpc) is 2.71. The Morgan fingerprint density at radius 3 is 2.24 bits per heavy atom. The number of ether oxygens (including phenoxy) is 1. The van der Waals surface area contributed by atoms with E-state index < -0.39 is 5.97 Å². The largest absolute Gasteiger partial charge is 0.454 e. The molecule has 0 radical (unpaired) electrons. The smallest absolute Gasteiger partial charge is 0.325 e. The number of carbonyl (C=O) groups excluding carboxylic acids is 3. The van der Waals surface area contributed by atoms with Crippen LogP contribution in [0.15, 0.2) is 24.3 Å². The van der Waals surface area contributed by atoms with Crippen molar-refractivity contribution in [1.29, 1.82) is 0 Å². The fourth-order valence-electron chi connectivity index (χ4n) is 3.68. The van der Waals surface area contributed by atoms with Gasteiger partial charge in [0.2, 0.25) is 0 Å². The van der Waals surface area contributed by atoms with Gasteiger partial charge in [-0.25, -0.2) is 0 Å². The van der Waals surface area contributed by atoms with Gasteiger partial charge >= 0.3 is 5.97 Å². The van der Waals surface area contributed by atoms with E-state index in [0.29, 0.717) is 12.1 Å². The second-order valence-corrected chi connectivity index (χ2v) is 8.64. The first-order chi connectivity index (χ1) is 13.7. The summed E-state index contributed by atoms with van der Waals surface area (Å²) >= 11 is 0. The van der Waals surface area contributed by atoms with Gasteiger partial charge in [0.05, 0.1) is 0 Å². The van der Waals surface area contributed by atoms with Crippen molar-refractivity contribution >= 4 is 17.8 Å². The third-order valence-electron chi connectivity index (χ3n) is 5.44. The van der Waals surface area contributed by atoms with Crippen LogP contribution in [0.25, 0.3) is 0 Å². The number of rotatable bonds is 7. The Balaban J connectivity index is 1.77. The Hall–Kier alpha value is -2.37. The number of hydrogen-bond acceptors (Lipinski definition) is 4. The lowest BCUT2D eigenvalue weighted by Gasteiger charge is -2.33. The highest BCUT2D eigenvalue weighted by Crippen LogP contribution is 2.23. The normalized spacial score (nSPS) is 14.9. The molecule has 160 valence electrons. The minimum Gasteiger partial charge on any atom is -0.454 e. The van der Waals surface area contributed by atoms with E-state index in [2.05, 4.69) is 26.1 Å². The molecule has 1 saturated carbocycles. The minimum absolute atomic E-state index is 0.00927. The first-order valence-corrected chi connectivity index (χ1v) is 10.6. The van der Waals surface area contributed by atoms with Crippen molar-refractivity contribution in [2.45, 2.75) is 71.3 Å². The summed E-state index contributed by atoms with van der Waals surface area (Å²) in [7, 11) is 0. The maximum Gasteiger partial charge on any atom is 0.325 e. The third kappa shape index (κ3) is 6.87. The zero-order valence-electron chi connectivity index (χ0n) is 18.1. The van der Waals surface area contributed by atoms with Crippen LogP contribution in [0.3, 0.4) is 0 Å². The summed E-state index contributed by atoms with van der Waals surface area (Å²) < 4.78 is 5.08. The summed E-state index contributed by atoms with van der Waals surface area (Å²) in [5, 5.41) is 2.55. The zero-order chi connectivity index (χ0) is 21.4. The summed E-state index contributed by atoms with van der Waals surface area (Å²) in [6.07, 6.45) is 5.51. The van der Waals surface area contributed by atoms with Gasteiger partial charge in [-0.05, 0) is 42.9 Å². The van der Waals surface area contributed by atoms with Crippen molar-refractivity contribution in [1.82, 2.24) is 10.2 Å². The van der Waals surface area contributed by atoms with Crippen LogP contribution in [0, 0.1) is 0 Å². The Bertz CT molecular complexity index is 701. The van der Waals surface area contributed by atoms with Gasteiger partial charge in [0.15, 0.2) is 6.61 Å². The molecule has 0 bridgehead atoms. The Morgan fingerprint density at radius 1 is 1.07 bits per heavy atom. The van der Waals surface area contributed by atoms with Crippen molar-refractivity contribution in [2.24, 2.45) is 0 Å². The molecule has 0 atom stereocenters. The predicted octanol–water partition coefficient (Wildman–Crippen LogP) is 3.44. The van der Waals surface area contributed by atoms with Crippen molar-refractivity contribution < 1.29 is 19.1 Å². The van der Waals surface area contributed by atoms with Gasteiger partial charge < -0.3 is 15.0 Å². The van der Waals surface area contributed by atoms with Gasteiger partial charge in [0, 0.05) is 18.2 Å². The lowest BCUT2D eigenvalue weighted by molar-refractivity contribution is -0.152. The number of hydrogen-bond donors (Lipinski definition) is 1.